The van der Waals surface area contributed by atoms with E-state index in [1.807, 2.05) is 23.8 Å². The van der Waals surface area contributed by atoms with Gasteiger partial charge in [0.2, 0.25) is 6.79 Å². The van der Waals surface area contributed by atoms with E-state index in [4.69, 9.17) is 9.47 Å². The average molecular weight is 420 g/mol. The van der Waals surface area contributed by atoms with Crippen molar-refractivity contribution in [2.75, 3.05) is 13.3 Å². The number of H-pyrrole nitrogens is 1. The fraction of sp³-hybridized carbons (Fsp3) is 0.238. The highest BCUT2D eigenvalue weighted by Crippen LogP contribution is 2.35. The molecule has 10 nitrogen and oxygen atoms in total. The van der Waals surface area contributed by atoms with Crippen LogP contribution in [0.1, 0.15) is 22.6 Å². The fourth-order valence-electron chi connectivity index (χ4n) is 3.56. The van der Waals surface area contributed by atoms with Gasteiger partial charge in [0, 0.05) is 37.1 Å². The van der Waals surface area contributed by atoms with Crippen LogP contribution in [0.15, 0.2) is 47.7 Å². The Morgan fingerprint density at radius 2 is 2.13 bits per heavy atom. The van der Waals surface area contributed by atoms with E-state index < -0.39 is 0 Å². The molecule has 0 spiro atoms. The summed E-state index contributed by atoms with van der Waals surface area (Å²) in [5.74, 6) is 1.90. The van der Waals surface area contributed by atoms with Gasteiger partial charge in [-0.3, -0.25) is 9.59 Å². The molecule has 0 saturated heterocycles. The van der Waals surface area contributed by atoms with Crippen LogP contribution in [0.5, 0.6) is 11.5 Å². The topological polar surface area (TPSA) is 116 Å². The molecule has 0 fully saturated rings. The van der Waals surface area contributed by atoms with Crippen LogP contribution in [-0.4, -0.2) is 43.4 Å². The van der Waals surface area contributed by atoms with Gasteiger partial charge in [-0.25, -0.2) is 4.98 Å². The SMILES string of the molecule is Cc1nccn1CCCNC(=O)c1cnn2c(=O)cc(-c3ccc4c(c3)OCO4)[nH]c12. The number of carbonyl (C=O) groups is 1. The Hall–Kier alpha value is -4.08. The summed E-state index contributed by atoms with van der Waals surface area (Å²) in [4.78, 5) is 32.6. The molecule has 0 bridgehead atoms. The number of hydrogen-bond donors (Lipinski definition) is 2. The van der Waals surface area contributed by atoms with Crippen LogP contribution >= 0.6 is 0 Å². The van der Waals surface area contributed by atoms with Gasteiger partial charge in [0.1, 0.15) is 11.4 Å². The van der Waals surface area contributed by atoms with E-state index in [1.165, 1.54) is 16.8 Å². The molecule has 4 heterocycles. The maximum atomic E-state index is 12.7. The molecule has 31 heavy (non-hydrogen) atoms. The molecular formula is C21H20N6O4. The van der Waals surface area contributed by atoms with Gasteiger partial charge in [-0.2, -0.15) is 9.61 Å². The van der Waals surface area contributed by atoms with E-state index in [2.05, 4.69) is 20.4 Å². The second kappa shape index (κ2) is 7.63. The highest BCUT2D eigenvalue weighted by atomic mass is 16.7. The monoisotopic (exact) mass is 420 g/mol. The Morgan fingerprint density at radius 1 is 1.26 bits per heavy atom. The zero-order chi connectivity index (χ0) is 21.4. The highest BCUT2D eigenvalue weighted by molar-refractivity contribution is 5.99. The number of aromatic amines is 1. The molecular weight excluding hydrogens is 400 g/mol. The van der Waals surface area contributed by atoms with Gasteiger partial charge < -0.3 is 24.3 Å². The van der Waals surface area contributed by atoms with Crippen molar-refractivity contribution in [1.82, 2.24) is 29.5 Å². The maximum absolute atomic E-state index is 12.7. The largest absolute Gasteiger partial charge is 0.454 e. The average Bonchev–Trinajstić information content (AvgIpc) is 3.50. The molecule has 5 rings (SSSR count). The minimum absolute atomic E-state index is 0.168. The van der Waals surface area contributed by atoms with Gasteiger partial charge >= 0.3 is 0 Å². The van der Waals surface area contributed by atoms with Crippen molar-refractivity contribution >= 4 is 11.6 Å². The molecule has 1 aliphatic rings. The van der Waals surface area contributed by atoms with Gasteiger partial charge in [-0.1, -0.05) is 0 Å². The van der Waals surface area contributed by atoms with Crippen molar-refractivity contribution in [2.45, 2.75) is 19.9 Å². The lowest BCUT2D eigenvalue weighted by Gasteiger charge is -2.07. The highest BCUT2D eigenvalue weighted by Gasteiger charge is 2.18. The lowest BCUT2D eigenvalue weighted by atomic mass is 10.1. The first kappa shape index (κ1) is 18.9. The lowest BCUT2D eigenvalue weighted by molar-refractivity contribution is 0.0954. The van der Waals surface area contributed by atoms with Crippen LogP contribution in [0, 0.1) is 6.92 Å². The van der Waals surface area contributed by atoms with Crippen molar-refractivity contribution in [1.29, 1.82) is 0 Å². The zero-order valence-electron chi connectivity index (χ0n) is 16.8. The van der Waals surface area contributed by atoms with Gasteiger partial charge in [-0.15, -0.1) is 0 Å². The number of carbonyl (C=O) groups excluding carboxylic acids is 1. The molecule has 3 aromatic heterocycles. The molecule has 1 aliphatic heterocycles. The summed E-state index contributed by atoms with van der Waals surface area (Å²) >= 11 is 0. The van der Waals surface area contributed by atoms with E-state index >= 15 is 0 Å². The van der Waals surface area contributed by atoms with E-state index in [0.717, 1.165) is 24.4 Å². The number of ether oxygens (including phenoxy) is 2. The van der Waals surface area contributed by atoms with Crippen LogP contribution in [-0.2, 0) is 6.54 Å². The predicted molar refractivity (Wildman–Crippen MR) is 111 cm³/mol. The lowest BCUT2D eigenvalue weighted by Crippen LogP contribution is -2.25. The number of aryl methyl sites for hydroxylation is 2. The minimum atomic E-state index is -0.337. The minimum Gasteiger partial charge on any atom is -0.454 e. The molecule has 0 aliphatic carbocycles. The Morgan fingerprint density at radius 3 is 2.97 bits per heavy atom. The van der Waals surface area contributed by atoms with E-state index in [-0.39, 0.29) is 18.3 Å². The van der Waals surface area contributed by atoms with Gasteiger partial charge in [-0.05, 0) is 31.5 Å². The summed E-state index contributed by atoms with van der Waals surface area (Å²) in [6, 6.07) is 6.83. The van der Waals surface area contributed by atoms with E-state index in [9.17, 15) is 9.59 Å². The normalized spacial score (nSPS) is 12.4. The number of nitrogens with one attached hydrogen (secondary N) is 2. The van der Waals surface area contributed by atoms with E-state index in [1.54, 1.807) is 18.3 Å². The Bertz CT molecular complexity index is 1340. The molecule has 158 valence electrons. The number of fused-ring (bicyclic) bond motifs is 2. The molecule has 0 unspecified atom stereocenters. The first-order valence-electron chi connectivity index (χ1n) is 9.87. The quantitative estimate of drug-likeness (QED) is 0.459. The predicted octanol–water partition coefficient (Wildman–Crippen LogP) is 1.74. The van der Waals surface area contributed by atoms with Crippen LogP contribution in [0.4, 0.5) is 0 Å². The second-order valence-corrected chi connectivity index (χ2v) is 7.19. The van der Waals surface area contributed by atoms with Crippen molar-refractivity contribution < 1.29 is 14.3 Å². The van der Waals surface area contributed by atoms with Crippen molar-refractivity contribution in [3.05, 3.63) is 64.6 Å². The second-order valence-electron chi connectivity index (χ2n) is 7.19. The molecule has 0 saturated carbocycles. The van der Waals surface area contributed by atoms with Crippen molar-refractivity contribution in [3.8, 4) is 22.8 Å². The van der Waals surface area contributed by atoms with E-state index in [0.29, 0.717) is 34.9 Å². The molecule has 4 aromatic rings. The summed E-state index contributed by atoms with van der Waals surface area (Å²) in [6.45, 7) is 3.35. The number of aromatic nitrogens is 5. The molecule has 1 aromatic carbocycles. The van der Waals surface area contributed by atoms with Gasteiger partial charge in [0.25, 0.3) is 11.5 Å². The summed E-state index contributed by atoms with van der Waals surface area (Å²) < 4.78 is 14.0. The standard InChI is InChI=1S/C21H20N6O4/c1-13-22-6-8-26(13)7-2-5-23-21(29)15-11-24-27-19(28)10-16(25-20(15)27)14-3-4-17-18(9-14)31-12-30-17/h3-4,6,8-11,25H,2,5,7,12H2,1H3,(H,23,29). The van der Waals surface area contributed by atoms with Crippen LogP contribution < -0.4 is 20.3 Å². The number of nitrogens with zero attached hydrogens (tertiary/aromatic N) is 4. The fourth-order valence-corrected chi connectivity index (χ4v) is 3.56. The third kappa shape index (κ3) is 3.52. The first-order chi connectivity index (χ1) is 15.1. The van der Waals surface area contributed by atoms with Crippen LogP contribution in [0.3, 0.4) is 0 Å². The summed E-state index contributed by atoms with van der Waals surface area (Å²) in [7, 11) is 0. The number of hydrogen-bond acceptors (Lipinski definition) is 6. The van der Waals surface area contributed by atoms with Gasteiger partial charge in [0.15, 0.2) is 17.1 Å². The Balaban J connectivity index is 1.36. The maximum Gasteiger partial charge on any atom is 0.274 e. The summed E-state index contributed by atoms with van der Waals surface area (Å²) in [5.41, 5.74) is 1.60. The molecule has 2 N–H and O–H groups in total. The van der Waals surface area contributed by atoms with Crippen LogP contribution in [0.25, 0.3) is 16.9 Å². The molecule has 0 radical (unpaired) electrons. The molecule has 10 heteroatoms. The third-order valence-corrected chi connectivity index (χ3v) is 5.21. The third-order valence-electron chi connectivity index (χ3n) is 5.21. The zero-order valence-corrected chi connectivity index (χ0v) is 16.8. The number of imidazole rings is 1. The summed E-state index contributed by atoms with van der Waals surface area (Å²) in [5, 5.41) is 6.95. The summed E-state index contributed by atoms with van der Waals surface area (Å²) in [6.07, 6.45) is 5.80. The van der Waals surface area contributed by atoms with Gasteiger partial charge in [0.05, 0.1) is 11.9 Å². The molecule has 1 amide bonds. The number of amides is 1. The van der Waals surface area contributed by atoms with Crippen molar-refractivity contribution in [3.63, 3.8) is 0 Å². The van der Waals surface area contributed by atoms with Crippen LogP contribution in [0.2, 0.25) is 0 Å². The number of rotatable bonds is 6. The first-order valence-corrected chi connectivity index (χ1v) is 9.87. The smallest absolute Gasteiger partial charge is 0.274 e. The molecule has 0 atom stereocenters. The van der Waals surface area contributed by atoms with Crippen molar-refractivity contribution in [2.24, 2.45) is 0 Å². The number of benzene rings is 1. The Labute approximate surface area is 176 Å². The Kier molecular flexibility index (Phi) is 4.66.